The van der Waals surface area contributed by atoms with Crippen molar-refractivity contribution in [1.82, 2.24) is 20.2 Å². The maximum absolute atomic E-state index is 15.3. The molecule has 0 radical (unpaired) electrons. The number of benzene rings is 1. The van der Waals surface area contributed by atoms with Gasteiger partial charge in [0.2, 0.25) is 0 Å². The number of nitrogens with one attached hydrogen (secondary N) is 1. The fourth-order valence-corrected chi connectivity index (χ4v) is 7.60. The van der Waals surface area contributed by atoms with Crippen LogP contribution in [0, 0.1) is 12.7 Å². The van der Waals surface area contributed by atoms with Gasteiger partial charge in [0.25, 0.3) is 0 Å². The van der Waals surface area contributed by atoms with Crippen LogP contribution in [0.2, 0.25) is 0 Å². The molecule has 8 nitrogen and oxygen atoms in total. The molecule has 5 saturated heterocycles. The summed E-state index contributed by atoms with van der Waals surface area (Å²) in [5, 5.41) is 3.48. The first kappa shape index (κ1) is 27.1. The van der Waals surface area contributed by atoms with Gasteiger partial charge in [0, 0.05) is 55.7 Å². The zero-order valence-electron chi connectivity index (χ0n) is 22.7. The lowest BCUT2D eigenvalue weighted by atomic mass is 9.90. The highest BCUT2D eigenvalue weighted by Gasteiger charge is 2.50. The molecule has 2 bridgehead atoms. The minimum Gasteiger partial charge on any atom is -0.461 e. The second kappa shape index (κ2) is 9.63. The zero-order chi connectivity index (χ0) is 28.7. The van der Waals surface area contributed by atoms with E-state index >= 15 is 4.39 Å². The average Bonchev–Trinajstić information content (AvgIpc) is 3.43. The minimum absolute atomic E-state index is 0.0826. The fraction of sp³-hybridized carbons (Fsp3) is 0.643. The molecule has 0 spiro atoms. The van der Waals surface area contributed by atoms with Crippen molar-refractivity contribution in [3.05, 3.63) is 39.8 Å². The Hall–Kier alpha value is -2.77. The van der Waals surface area contributed by atoms with Crippen LogP contribution >= 0.6 is 0 Å². The first-order valence-corrected chi connectivity index (χ1v) is 14.2. The molecule has 13 heteroatoms. The van der Waals surface area contributed by atoms with Crippen LogP contribution < -0.4 is 20.7 Å². The van der Waals surface area contributed by atoms with Crippen LogP contribution in [0.15, 0.2) is 6.07 Å². The van der Waals surface area contributed by atoms with Gasteiger partial charge in [-0.1, -0.05) is 0 Å². The lowest BCUT2D eigenvalue weighted by Crippen LogP contribution is -2.67. The highest BCUT2D eigenvalue weighted by atomic mass is 19.4. The number of nitrogens with zero attached hydrogens (tertiary/aromatic N) is 4. The van der Waals surface area contributed by atoms with E-state index in [1.54, 1.807) is 0 Å². The van der Waals surface area contributed by atoms with Crippen molar-refractivity contribution in [2.75, 3.05) is 43.4 Å². The highest BCUT2D eigenvalue weighted by Crippen LogP contribution is 2.45. The van der Waals surface area contributed by atoms with Crippen LogP contribution in [0.1, 0.15) is 59.7 Å². The Bertz CT molecular complexity index is 1360. The van der Waals surface area contributed by atoms with Gasteiger partial charge in [-0.05, 0) is 44.4 Å². The number of nitrogen functional groups attached to an aromatic ring is 1. The number of fused-ring (bicyclic) bond motifs is 4. The van der Waals surface area contributed by atoms with Gasteiger partial charge < -0.3 is 25.4 Å². The van der Waals surface area contributed by atoms with Crippen molar-refractivity contribution in [1.29, 1.82) is 0 Å². The zero-order valence-corrected chi connectivity index (χ0v) is 22.7. The van der Waals surface area contributed by atoms with Gasteiger partial charge >= 0.3 is 12.2 Å². The molecule has 2 aromatic rings. The smallest absolute Gasteiger partial charge is 0.417 e. The van der Waals surface area contributed by atoms with Crippen molar-refractivity contribution in [3.63, 3.8) is 0 Å². The van der Waals surface area contributed by atoms with E-state index in [0.29, 0.717) is 55.2 Å². The molecule has 0 aliphatic carbocycles. The molecule has 6 aliphatic heterocycles. The molecule has 1 aromatic carbocycles. The fourth-order valence-electron chi connectivity index (χ4n) is 7.60. The third-order valence-electron chi connectivity index (χ3n) is 9.44. The average molecular weight is 581 g/mol. The first-order chi connectivity index (χ1) is 19.5. The van der Waals surface area contributed by atoms with Gasteiger partial charge in [0.15, 0.2) is 5.82 Å². The number of aryl methyl sites for hydroxylation is 1. The molecule has 222 valence electrons. The Morgan fingerprint density at radius 2 is 1.98 bits per heavy atom. The maximum atomic E-state index is 15.3. The summed E-state index contributed by atoms with van der Waals surface area (Å²) in [4.78, 5) is 13.6. The van der Waals surface area contributed by atoms with Crippen LogP contribution in [0.4, 0.5) is 33.5 Å². The van der Waals surface area contributed by atoms with Crippen LogP contribution in [0.5, 0.6) is 6.01 Å². The minimum atomic E-state index is -4.80. The quantitative estimate of drug-likeness (QED) is 0.408. The van der Waals surface area contributed by atoms with Gasteiger partial charge in [0.1, 0.15) is 18.6 Å². The lowest BCUT2D eigenvalue weighted by molar-refractivity contribution is -0.140. The Morgan fingerprint density at radius 3 is 2.71 bits per heavy atom. The number of alkyl halides is 4. The first-order valence-electron chi connectivity index (χ1n) is 14.2. The number of aromatic nitrogens is 2. The largest absolute Gasteiger partial charge is 0.461 e. The number of nitrogens with two attached hydrogens (primary N) is 1. The summed E-state index contributed by atoms with van der Waals surface area (Å²) in [5.74, 6) is -0.512. The molecule has 5 fully saturated rings. The Kier molecular flexibility index (Phi) is 6.36. The predicted molar refractivity (Wildman–Crippen MR) is 140 cm³/mol. The number of piperidine rings is 1. The second-order valence-electron chi connectivity index (χ2n) is 12.2. The van der Waals surface area contributed by atoms with E-state index in [4.69, 9.17) is 20.2 Å². The molecule has 5 atom stereocenters. The van der Waals surface area contributed by atoms with Crippen molar-refractivity contribution >= 4 is 11.5 Å². The number of hydrogen-bond donors (Lipinski definition) is 2. The maximum Gasteiger partial charge on any atom is 0.417 e. The number of hydrogen-bond acceptors (Lipinski definition) is 8. The van der Waals surface area contributed by atoms with Gasteiger partial charge in [-0.2, -0.15) is 23.1 Å². The number of piperazine rings is 1. The van der Waals surface area contributed by atoms with Gasteiger partial charge in [-0.15, -0.1) is 0 Å². The summed E-state index contributed by atoms with van der Waals surface area (Å²) in [6.45, 7) is 4.03. The Labute approximate surface area is 234 Å². The topological polar surface area (TPSA) is 88.8 Å². The number of rotatable bonds is 5. The van der Waals surface area contributed by atoms with Gasteiger partial charge in [0.05, 0.1) is 35.2 Å². The van der Waals surface area contributed by atoms with Crippen molar-refractivity contribution < 1.29 is 31.4 Å². The van der Waals surface area contributed by atoms with Crippen molar-refractivity contribution in [2.24, 2.45) is 0 Å². The standard InChI is InChI=1S/C28H33F5N6O2/c1-14-5-19(34)24(30)22(23(14)28(31,32)33)21-7-20-18(12-40-21)25(38-10-16-6-17(11-38)35-16)37-26(36-20)41-13-27-3-2-4-39(27)9-15(29)8-27/h5,15-17,21,35H,2-4,6-13,34H2,1H3. The van der Waals surface area contributed by atoms with Crippen molar-refractivity contribution in [3.8, 4) is 6.01 Å². The molecule has 8 rings (SSSR count). The third kappa shape index (κ3) is 4.60. The molecule has 41 heavy (non-hydrogen) atoms. The van der Waals surface area contributed by atoms with Crippen molar-refractivity contribution in [2.45, 2.75) is 81.7 Å². The molecular formula is C28H33F5N6O2. The molecule has 6 aliphatic rings. The van der Waals surface area contributed by atoms with E-state index in [1.165, 1.54) is 6.92 Å². The summed E-state index contributed by atoms with van der Waals surface area (Å²) >= 11 is 0. The van der Waals surface area contributed by atoms with E-state index in [-0.39, 0.29) is 36.9 Å². The number of ether oxygens (including phenoxy) is 2. The number of anilines is 2. The molecule has 3 N–H and O–H groups in total. The molecule has 1 aromatic heterocycles. The Balaban J connectivity index is 1.24. The number of halogens is 5. The normalized spacial score (nSPS) is 31.1. The second-order valence-corrected chi connectivity index (χ2v) is 12.2. The molecule has 7 heterocycles. The van der Waals surface area contributed by atoms with Gasteiger partial charge in [-0.25, -0.2) is 8.78 Å². The van der Waals surface area contributed by atoms with E-state index in [9.17, 15) is 17.6 Å². The summed E-state index contributed by atoms with van der Waals surface area (Å²) < 4.78 is 84.0. The summed E-state index contributed by atoms with van der Waals surface area (Å²) in [5.41, 5.74) is 4.25. The monoisotopic (exact) mass is 580 g/mol. The summed E-state index contributed by atoms with van der Waals surface area (Å²) in [6.07, 6.45) is -3.83. The van der Waals surface area contributed by atoms with E-state index < -0.39 is 40.9 Å². The molecular weight excluding hydrogens is 547 g/mol. The van der Waals surface area contributed by atoms with E-state index in [0.717, 1.165) is 31.9 Å². The molecule has 0 saturated carbocycles. The van der Waals surface area contributed by atoms with Crippen LogP contribution in [0.25, 0.3) is 0 Å². The highest BCUT2D eigenvalue weighted by molar-refractivity contribution is 5.55. The van der Waals surface area contributed by atoms with E-state index in [1.807, 2.05) is 0 Å². The lowest BCUT2D eigenvalue weighted by Gasteiger charge is -2.49. The SMILES string of the molecule is Cc1cc(N)c(F)c(C2Cc3nc(OCC45CCCN4CC(F)C5)nc(N4CC5CC(C4)N5)c3CO2)c1C(F)(F)F. The molecule has 5 unspecified atom stereocenters. The van der Waals surface area contributed by atoms with Crippen LogP contribution in [0.3, 0.4) is 0 Å². The molecule has 0 amide bonds. The third-order valence-corrected chi connectivity index (χ3v) is 9.44. The van der Waals surface area contributed by atoms with Crippen LogP contribution in [-0.2, 0) is 23.9 Å². The summed E-state index contributed by atoms with van der Waals surface area (Å²) in [7, 11) is 0. The predicted octanol–water partition coefficient (Wildman–Crippen LogP) is 3.84. The van der Waals surface area contributed by atoms with Gasteiger partial charge in [-0.3, -0.25) is 4.90 Å². The van der Waals surface area contributed by atoms with Crippen LogP contribution in [-0.4, -0.2) is 71.4 Å². The summed E-state index contributed by atoms with van der Waals surface area (Å²) in [6, 6.07) is 1.74. The Morgan fingerprint density at radius 1 is 1.22 bits per heavy atom. The van der Waals surface area contributed by atoms with E-state index in [2.05, 4.69) is 20.1 Å².